The molecule has 2 heterocycles. The van der Waals surface area contributed by atoms with Gasteiger partial charge in [0, 0.05) is 7.05 Å². The lowest BCUT2D eigenvalue weighted by Crippen LogP contribution is -2.11. The predicted octanol–water partition coefficient (Wildman–Crippen LogP) is 1.99. The fourth-order valence-electron chi connectivity index (χ4n) is 1.22. The summed E-state index contributed by atoms with van der Waals surface area (Å²) in [6, 6.07) is 6.61. The van der Waals surface area contributed by atoms with E-state index >= 15 is 0 Å². The van der Waals surface area contributed by atoms with Gasteiger partial charge in [0.2, 0.25) is 0 Å². The van der Waals surface area contributed by atoms with Gasteiger partial charge in [0.1, 0.15) is 10.0 Å². The van der Waals surface area contributed by atoms with Crippen LogP contribution in [0.2, 0.25) is 0 Å². The molecule has 0 amide bonds. The van der Waals surface area contributed by atoms with E-state index in [1.807, 2.05) is 0 Å². The van der Waals surface area contributed by atoms with Crippen LogP contribution in [0.15, 0.2) is 40.1 Å². The Hall–Kier alpha value is -1.60. The van der Waals surface area contributed by atoms with Crippen LogP contribution in [0.5, 0.6) is 0 Å². The first kappa shape index (κ1) is 11.9. The van der Waals surface area contributed by atoms with Crippen molar-refractivity contribution in [2.45, 2.75) is 4.21 Å². The van der Waals surface area contributed by atoms with Crippen LogP contribution in [0.3, 0.4) is 0 Å². The van der Waals surface area contributed by atoms with Crippen molar-refractivity contribution in [1.29, 1.82) is 0 Å². The molecule has 2 aromatic rings. The molecule has 2 rings (SSSR count). The van der Waals surface area contributed by atoms with E-state index in [2.05, 4.69) is 15.0 Å². The summed E-state index contributed by atoms with van der Waals surface area (Å²) in [6.07, 6.45) is 1.47. The number of hydrogen-bond donors (Lipinski definition) is 2. The van der Waals surface area contributed by atoms with Crippen LogP contribution in [0.1, 0.15) is 0 Å². The highest BCUT2D eigenvalue weighted by Crippen LogP contribution is 2.20. The molecule has 0 aliphatic rings. The molecular formula is C10H11N3O2S2. The number of nitrogens with zero attached hydrogens (tertiary/aromatic N) is 1. The van der Waals surface area contributed by atoms with Gasteiger partial charge >= 0.3 is 0 Å². The van der Waals surface area contributed by atoms with Crippen molar-refractivity contribution in [3.05, 3.63) is 35.8 Å². The van der Waals surface area contributed by atoms with E-state index in [-0.39, 0.29) is 4.21 Å². The molecule has 0 saturated heterocycles. The average molecular weight is 269 g/mol. The van der Waals surface area contributed by atoms with Crippen molar-refractivity contribution < 1.29 is 8.42 Å². The molecule has 90 valence electrons. The van der Waals surface area contributed by atoms with Crippen LogP contribution in [-0.2, 0) is 10.0 Å². The van der Waals surface area contributed by atoms with E-state index in [9.17, 15) is 8.42 Å². The highest BCUT2D eigenvalue weighted by Gasteiger charge is 2.14. The summed E-state index contributed by atoms with van der Waals surface area (Å²) >= 11 is 1.17. The van der Waals surface area contributed by atoms with Gasteiger partial charge in [0.25, 0.3) is 10.0 Å². The molecule has 2 N–H and O–H groups in total. The number of pyridine rings is 1. The lowest BCUT2D eigenvalue weighted by atomic mass is 10.4. The van der Waals surface area contributed by atoms with Crippen molar-refractivity contribution in [3.8, 4) is 0 Å². The molecule has 5 nitrogen and oxygen atoms in total. The van der Waals surface area contributed by atoms with Gasteiger partial charge < -0.3 is 5.32 Å². The molecule has 0 spiro atoms. The zero-order valence-corrected chi connectivity index (χ0v) is 10.7. The summed E-state index contributed by atoms with van der Waals surface area (Å²) in [5.74, 6) is 0.684. The number of rotatable bonds is 4. The van der Waals surface area contributed by atoms with Crippen LogP contribution in [0.4, 0.5) is 11.5 Å². The van der Waals surface area contributed by atoms with Crippen molar-refractivity contribution in [3.63, 3.8) is 0 Å². The maximum absolute atomic E-state index is 11.9. The van der Waals surface area contributed by atoms with Crippen LogP contribution < -0.4 is 10.0 Å². The zero-order chi connectivity index (χ0) is 12.3. The van der Waals surface area contributed by atoms with Crippen LogP contribution in [0.25, 0.3) is 0 Å². The topological polar surface area (TPSA) is 71.1 Å². The van der Waals surface area contributed by atoms with Crippen molar-refractivity contribution in [2.75, 3.05) is 17.1 Å². The molecule has 0 atom stereocenters. The average Bonchev–Trinajstić information content (AvgIpc) is 2.84. The third-order valence-electron chi connectivity index (χ3n) is 2.03. The Balaban J connectivity index is 2.21. The summed E-state index contributed by atoms with van der Waals surface area (Å²) in [7, 11) is -1.73. The van der Waals surface area contributed by atoms with E-state index in [0.717, 1.165) is 0 Å². The fourth-order valence-corrected chi connectivity index (χ4v) is 3.26. The van der Waals surface area contributed by atoms with E-state index in [1.165, 1.54) is 17.5 Å². The predicted molar refractivity (Wildman–Crippen MR) is 68.9 cm³/mol. The fraction of sp³-hybridized carbons (Fsp3) is 0.100. The van der Waals surface area contributed by atoms with E-state index in [4.69, 9.17) is 0 Å². The Morgan fingerprint density at radius 2 is 2.12 bits per heavy atom. The number of sulfonamides is 1. The Morgan fingerprint density at radius 3 is 2.65 bits per heavy atom. The highest BCUT2D eigenvalue weighted by molar-refractivity contribution is 7.94. The standard InChI is InChI=1S/C10H11N3O2S2/c1-11-9-5-4-8(7-12-9)13-17(14,15)10-3-2-6-16-10/h2-7,13H,1H3,(H,11,12). The molecule has 2 aromatic heterocycles. The maximum atomic E-state index is 11.9. The third-order valence-corrected chi connectivity index (χ3v) is 4.81. The molecule has 0 aromatic carbocycles. The minimum absolute atomic E-state index is 0.287. The molecule has 0 saturated carbocycles. The van der Waals surface area contributed by atoms with Crippen LogP contribution in [0, 0.1) is 0 Å². The minimum atomic E-state index is -3.48. The normalized spacial score (nSPS) is 11.1. The first-order chi connectivity index (χ1) is 8.12. The lowest BCUT2D eigenvalue weighted by molar-refractivity contribution is 0.603. The van der Waals surface area contributed by atoms with Gasteiger partial charge in [-0.2, -0.15) is 0 Å². The second kappa shape index (κ2) is 4.72. The first-order valence-electron chi connectivity index (χ1n) is 4.82. The van der Waals surface area contributed by atoms with Crippen LogP contribution >= 0.6 is 11.3 Å². The van der Waals surface area contributed by atoms with Crippen molar-refractivity contribution in [2.24, 2.45) is 0 Å². The first-order valence-corrected chi connectivity index (χ1v) is 7.18. The Bertz CT molecular complexity index is 577. The molecule has 0 bridgehead atoms. The summed E-state index contributed by atoms with van der Waals surface area (Å²) in [5.41, 5.74) is 0.442. The molecule has 7 heteroatoms. The second-order valence-electron chi connectivity index (χ2n) is 3.22. The zero-order valence-electron chi connectivity index (χ0n) is 9.04. The molecule has 0 aliphatic heterocycles. The Kier molecular flexibility index (Phi) is 3.30. The molecule has 0 aliphatic carbocycles. The summed E-state index contributed by atoms with van der Waals surface area (Å²) < 4.78 is 26.5. The van der Waals surface area contributed by atoms with Gasteiger partial charge in [-0.15, -0.1) is 11.3 Å². The SMILES string of the molecule is CNc1ccc(NS(=O)(=O)c2cccs2)cn1. The van der Waals surface area contributed by atoms with Crippen molar-refractivity contribution >= 4 is 32.9 Å². The number of aromatic nitrogens is 1. The van der Waals surface area contributed by atoms with Gasteiger partial charge in [0.05, 0.1) is 11.9 Å². The minimum Gasteiger partial charge on any atom is -0.373 e. The van der Waals surface area contributed by atoms with Crippen molar-refractivity contribution in [1.82, 2.24) is 4.98 Å². The van der Waals surface area contributed by atoms with E-state index < -0.39 is 10.0 Å². The number of hydrogen-bond acceptors (Lipinski definition) is 5. The van der Waals surface area contributed by atoms with E-state index in [0.29, 0.717) is 11.5 Å². The second-order valence-corrected chi connectivity index (χ2v) is 6.08. The lowest BCUT2D eigenvalue weighted by Gasteiger charge is -2.06. The van der Waals surface area contributed by atoms with Gasteiger partial charge in [-0.25, -0.2) is 13.4 Å². The third kappa shape index (κ3) is 2.75. The summed E-state index contributed by atoms with van der Waals surface area (Å²) in [5, 5.41) is 4.58. The molecule has 0 unspecified atom stereocenters. The molecule has 0 radical (unpaired) electrons. The number of thiophene rings is 1. The van der Waals surface area contributed by atoms with Gasteiger partial charge in [0.15, 0.2) is 0 Å². The van der Waals surface area contributed by atoms with Crippen LogP contribution in [-0.4, -0.2) is 20.4 Å². The number of nitrogens with one attached hydrogen (secondary N) is 2. The summed E-state index contributed by atoms with van der Waals surface area (Å²) in [6.45, 7) is 0. The number of anilines is 2. The molecule has 17 heavy (non-hydrogen) atoms. The largest absolute Gasteiger partial charge is 0.373 e. The highest BCUT2D eigenvalue weighted by atomic mass is 32.2. The van der Waals surface area contributed by atoms with E-state index in [1.54, 1.807) is 36.7 Å². The van der Waals surface area contributed by atoms with Gasteiger partial charge in [-0.05, 0) is 23.6 Å². The maximum Gasteiger partial charge on any atom is 0.271 e. The monoisotopic (exact) mass is 269 g/mol. The smallest absolute Gasteiger partial charge is 0.271 e. The Morgan fingerprint density at radius 1 is 1.29 bits per heavy atom. The van der Waals surface area contributed by atoms with Gasteiger partial charge in [-0.1, -0.05) is 6.07 Å². The quantitative estimate of drug-likeness (QED) is 0.890. The molecule has 0 fully saturated rings. The molecular weight excluding hydrogens is 258 g/mol. The summed E-state index contributed by atoms with van der Waals surface area (Å²) in [4.78, 5) is 4.03. The van der Waals surface area contributed by atoms with Gasteiger partial charge in [-0.3, -0.25) is 4.72 Å². The Labute approximate surface area is 104 Å².